The number of rotatable bonds is 4. The summed E-state index contributed by atoms with van der Waals surface area (Å²) < 4.78 is 5.10. The number of hydrogen-bond donors (Lipinski definition) is 3. The number of nitrogens with zero attached hydrogens (tertiary/aromatic N) is 2. The standard InChI is InChI=1S/C20H22N4O5/c1-20(2,3)28-19(27)29-24-16-8-7-13(11-15(16)18(21)23-24)22-17(26)10-12-5-4-6-14(25)9-12/h4-9,11,25H,10H2,1-3H3,(H2,21,23)(H,22,26). The highest BCUT2D eigenvalue weighted by Crippen LogP contribution is 2.24. The molecule has 9 nitrogen and oxygen atoms in total. The molecule has 4 N–H and O–H groups in total. The molecule has 9 heteroatoms. The number of anilines is 2. The van der Waals surface area contributed by atoms with Crippen LogP contribution in [0.5, 0.6) is 5.75 Å². The van der Waals surface area contributed by atoms with Crippen molar-refractivity contribution >= 4 is 34.5 Å². The molecule has 0 aliphatic heterocycles. The zero-order chi connectivity index (χ0) is 21.2. The number of benzene rings is 2. The minimum absolute atomic E-state index is 0.0990. The van der Waals surface area contributed by atoms with Crippen molar-refractivity contribution in [2.45, 2.75) is 32.8 Å². The fourth-order valence-electron chi connectivity index (χ4n) is 2.66. The molecule has 0 saturated carbocycles. The van der Waals surface area contributed by atoms with Gasteiger partial charge in [0.05, 0.1) is 6.42 Å². The first kappa shape index (κ1) is 20.0. The van der Waals surface area contributed by atoms with Crippen LogP contribution in [0, 0.1) is 0 Å². The molecule has 2 aromatic carbocycles. The predicted molar refractivity (Wildman–Crippen MR) is 107 cm³/mol. The zero-order valence-electron chi connectivity index (χ0n) is 16.3. The highest BCUT2D eigenvalue weighted by atomic mass is 16.8. The van der Waals surface area contributed by atoms with Gasteiger partial charge >= 0.3 is 6.16 Å². The summed E-state index contributed by atoms with van der Waals surface area (Å²) in [5.74, 6) is -0.0274. The largest absolute Gasteiger partial charge is 0.535 e. The van der Waals surface area contributed by atoms with E-state index in [0.29, 0.717) is 22.2 Å². The molecule has 0 atom stereocenters. The van der Waals surface area contributed by atoms with Crippen LogP contribution in [0.2, 0.25) is 0 Å². The molecular weight excluding hydrogens is 376 g/mol. The number of nitrogens with one attached hydrogen (secondary N) is 1. The van der Waals surface area contributed by atoms with Crippen LogP contribution in [-0.4, -0.2) is 32.7 Å². The van der Waals surface area contributed by atoms with Crippen LogP contribution in [0.1, 0.15) is 26.3 Å². The van der Waals surface area contributed by atoms with Gasteiger partial charge in [-0.2, -0.15) is 0 Å². The summed E-state index contributed by atoms with van der Waals surface area (Å²) in [5, 5.41) is 16.7. The van der Waals surface area contributed by atoms with Gasteiger partial charge < -0.3 is 20.9 Å². The predicted octanol–water partition coefficient (Wildman–Crippen LogP) is 2.87. The Morgan fingerprint density at radius 3 is 2.66 bits per heavy atom. The molecule has 1 aromatic heterocycles. The Morgan fingerprint density at radius 1 is 1.21 bits per heavy atom. The molecule has 0 saturated heterocycles. The van der Waals surface area contributed by atoms with Gasteiger partial charge in [0.1, 0.15) is 16.9 Å². The fraction of sp³-hybridized carbons (Fsp3) is 0.250. The quantitative estimate of drug-likeness (QED) is 0.576. The van der Waals surface area contributed by atoms with Gasteiger partial charge in [0.25, 0.3) is 0 Å². The summed E-state index contributed by atoms with van der Waals surface area (Å²) in [6, 6.07) is 11.4. The number of nitrogen functional groups attached to an aromatic ring is 1. The van der Waals surface area contributed by atoms with Crippen LogP contribution in [0.3, 0.4) is 0 Å². The van der Waals surface area contributed by atoms with Crippen LogP contribution < -0.4 is 15.9 Å². The molecule has 29 heavy (non-hydrogen) atoms. The Balaban J connectivity index is 1.74. The molecule has 0 spiro atoms. The smallest absolute Gasteiger partial charge is 0.508 e. The normalized spacial score (nSPS) is 11.3. The molecule has 152 valence electrons. The zero-order valence-corrected chi connectivity index (χ0v) is 16.3. The Bertz CT molecular complexity index is 1070. The maximum absolute atomic E-state index is 12.3. The summed E-state index contributed by atoms with van der Waals surface area (Å²) in [6.45, 7) is 5.15. The third-order valence-corrected chi connectivity index (χ3v) is 3.79. The number of nitrogens with two attached hydrogens (primary N) is 1. The molecule has 3 rings (SSSR count). The van der Waals surface area contributed by atoms with E-state index in [2.05, 4.69) is 10.4 Å². The third kappa shape index (κ3) is 5.16. The van der Waals surface area contributed by atoms with Crippen molar-refractivity contribution in [3.8, 4) is 5.75 Å². The molecule has 0 unspecified atom stereocenters. The highest BCUT2D eigenvalue weighted by Gasteiger charge is 2.20. The molecule has 3 aromatic rings. The summed E-state index contributed by atoms with van der Waals surface area (Å²) >= 11 is 0. The Hall–Kier alpha value is -3.75. The number of carbonyl (C=O) groups is 2. The van der Waals surface area contributed by atoms with Gasteiger partial charge in [0.2, 0.25) is 5.91 Å². The second-order valence-electron chi connectivity index (χ2n) is 7.44. The molecule has 0 aliphatic carbocycles. The average molecular weight is 398 g/mol. The Labute approximate surface area is 167 Å². The van der Waals surface area contributed by atoms with E-state index >= 15 is 0 Å². The van der Waals surface area contributed by atoms with Crippen LogP contribution in [-0.2, 0) is 16.0 Å². The number of phenols is 1. The number of hydrogen-bond acceptors (Lipinski definition) is 7. The van der Waals surface area contributed by atoms with Crippen molar-refractivity contribution in [3.63, 3.8) is 0 Å². The maximum Gasteiger partial charge on any atom is 0.535 e. The van der Waals surface area contributed by atoms with Gasteiger partial charge in [-0.3, -0.25) is 9.63 Å². The molecular formula is C20H22N4O5. The average Bonchev–Trinajstić information content (AvgIpc) is 2.88. The lowest BCUT2D eigenvalue weighted by Gasteiger charge is -2.18. The second kappa shape index (κ2) is 7.70. The first-order valence-corrected chi connectivity index (χ1v) is 8.88. The van der Waals surface area contributed by atoms with Crippen LogP contribution in [0.25, 0.3) is 10.9 Å². The van der Waals surface area contributed by atoms with Crippen LogP contribution in [0.4, 0.5) is 16.3 Å². The van der Waals surface area contributed by atoms with Gasteiger partial charge in [0.15, 0.2) is 5.82 Å². The molecule has 0 radical (unpaired) electrons. The van der Waals surface area contributed by atoms with Crippen molar-refractivity contribution in [2.75, 3.05) is 11.1 Å². The van der Waals surface area contributed by atoms with E-state index < -0.39 is 11.8 Å². The Morgan fingerprint density at radius 2 is 1.97 bits per heavy atom. The summed E-state index contributed by atoms with van der Waals surface area (Å²) in [6.07, 6.45) is -0.812. The number of phenolic OH excluding ortho intramolecular Hbond substituents is 1. The number of amides is 1. The van der Waals surface area contributed by atoms with Gasteiger partial charge in [-0.15, -0.1) is 5.10 Å². The van der Waals surface area contributed by atoms with Gasteiger partial charge in [0, 0.05) is 11.1 Å². The van der Waals surface area contributed by atoms with E-state index in [1.165, 1.54) is 12.1 Å². The van der Waals surface area contributed by atoms with E-state index in [9.17, 15) is 14.7 Å². The SMILES string of the molecule is CC(C)(C)OC(=O)On1nc(N)c2cc(NC(=O)Cc3cccc(O)c3)ccc21. The number of aromatic hydroxyl groups is 1. The second-order valence-corrected chi connectivity index (χ2v) is 7.44. The number of carbonyl (C=O) groups excluding carboxylic acids is 2. The van der Waals surface area contributed by atoms with Gasteiger partial charge in [-0.25, -0.2) is 4.79 Å². The lowest BCUT2D eigenvalue weighted by atomic mass is 10.1. The number of ether oxygens (including phenoxy) is 1. The number of fused-ring (bicyclic) bond motifs is 1. The van der Waals surface area contributed by atoms with Crippen molar-refractivity contribution in [2.24, 2.45) is 0 Å². The third-order valence-electron chi connectivity index (χ3n) is 3.79. The van der Waals surface area contributed by atoms with E-state index in [0.717, 1.165) is 4.85 Å². The monoisotopic (exact) mass is 398 g/mol. The lowest BCUT2D eigenvalue weighted by molar-refractivity contribution is -0.115. The summed E-state index contributed by atoms with van der Waals surface area (Å²) in [5.41, 5.74) is 6.84. The molecule has 1 heterocycles. The lowest BCUT2D eigenvalue weighted by Crippen LogP contribution is -2.30. The van der Waals surface area contributed by atoms with Crippen molar-refractivity contribution < 1.29 is 24.3 Å². The first-order chi connectivity index (χ1) is 13.6. The number of aromatic nitrogens is 2. The Kier molecular flexibility index (Phi) is 5.31. The topological polar surface area (TPSA) is 129 Å². The highest BCUT2D eigenvalue weighted by molar-refractivity contribution is 5.97. The minimum atomic E-state index is -0.912. The molecule has 0 bridgehead atoms. The minimum Gasteiger partial charge on any atom is -0.508 e. The van der Waals surface area contributed by atoms with E-state index in [1.54, 1.807) is 51.1 Å². The summed E-state index contributed by atoms with van der Waals surface area (Å²) in [4.78, 5) is 30.2. The van der Waals surface area contributed by atoms with Crippen molar-refractivity contribution in [3.05, 3.63) is 48.0 Å². The van der Waals surface area contributed by atoms with Crippen LogP contribution >= 0.6 is 0 Å². The van der Waals surface area contributed by atoms with Crippen molar-refractivity contribution in [1.29, 1.82) is 0 Å². The first-order valence-electron chi connectivity index (χ1n) is 8.88. The van der Waals surface area contributed by atoms with E-state index in [4.69, 9.17) is 15.3 Å². The molecule has 0 aliphatic rings. The molecule has 1 amide bonds. The van der Waals surface area contributed by atoms with E-state index in [-0.39, 0.29) is 23.9 Å². The van der Waals surface area contributed by atoms with Crippen LogP contribution in [0.15, 0.2) is 42.5 Å². The fourth-order valence-corrected chi connectivity index (χ4v) is 2.66. The van der Waals surface area contributed by atoms with E-state index in [1.807, 2.05) is 0 Å². The van der Waals surface area contributed by atoms with Gasteiger partial charge in [-0.05, 0) is 56.7 Å². The van der Waals surface area contributed by atoms with Gasteiger partial charge in [-0.1, -0.05) is 17.0 Å². The van der Waals surface area contributed by atoms with Crippen molar-refractivity contribution in [1.82, 2.24) is 9.94 Å². The molecule has 0 fully saturated rings. The summed E-state index contributed by atoms with van der Waals surface area (Å²) in [7, 11) is 0. The maximum atomic E-state index is 12.3.